The van der Waals surface area contributed by atoms with E-state index < -0.39 is 36.3 Å². The normalized spacial score (nSPS) is 14.2. The maximum atomic E-state index is 13.6. The molecule has 8 nitrogen and oxygen atoms in total. The van der Waals surface area contributed by atoms with Crippen molar-refractivity contribution in [1.29, 1.82) is 0 Å². The average Bonchev–Trinajstić information content (AvgIpc) is 2.70. The van der Waals surface area contributed by atoms with Gasteiger partial charge < -0.3 is 25.4 Å². The number of aryl methyl sites for hydroxylation is 2. The Hall–Kier alpha value is -2.61. The van der Waals surface area contributed by atoms with Crippen molar-refractivity contribution in [2.24, 2.45) is 0 Å². The van der Waals surface area contributed by atoms with Crippen molar-refractivity contribution in [3.8, 4) is 0 Å². The molecule has 3 N–H and O–H groups in total. The molecule has 0 saturated heterocycles. The molecule has 0 aliphatic heterocycles. The van der Waals surface area contributed by atoms with Gasteiger partial charge in [-0.1, -0.05) is 31.5 Å². The fourth-order valence-corrected chi connectivity index (χ4v) is 3.70. The summed E-state index contributed by atoms with van der Waals surface area (Å²) in [7, 11) is 0. The number of rotatable bonds is 10. The summed E-state index contributed by atoms with van der Waals surface area (Å²) < 4.78 is 5.25. The first kappa shape index (κ1) is 29.4. The number of hydrogen-bond acceptors (Lipinski definition) is 5. The van der Waals surface area contributed by atoms with Crippen molar-refractivity contribution < 1.29 is 24.2 Å². The molecule has 1 aromatic carbocycles. The van der Waals surface area contributed by atoms with Gasteiger partial charge in [-0.15, -0.1) is 0 Å². The summed E-state index contributed by atoms with van der Waals surface area (Å²) in [6.07, 6.45) is 0.905. The molecule has 192 valence electrons. The van der Waals surface area contributed by atoms with Crippen molar-refractivity contribution in [2.45, 2.75) is 105 Å². The zero-order chi connectivity index (χ0) is 26.2. The number of nitrogens with one attached hydrogen (secondary N) is 2. The van der Waals surface area contributed by atoms with Gasteiger partial charge in [0.25, 0.3) is 0 Å². The third-order valence-corrected chi connectivity index (χ3v) is 5.47. The minimum Gasteiger partial charge on any atom is -0.444 e. The molecular formula is C26H43N3O5. The highest BCUT2D eigenvalue weighted by Crippen LogP contribution is 2.27. The SMILES string of the molecule is CCCC(C)NC(=O)C(c1ccc(C)c(C)c1)N(C(=O)C(CO)NC(=O)OC(C)(C)C)C(C)C. The molecule has 0 bridgehead atoms. The quantitative estimate of drug-likeness (QED) is 0.475. The van der Waals surface area contributed by atoms with Crippen LogP contribution in [0.4, 0.5) is 4.79 Å². The van der Waals surface area contributed by atoms with E-state index in [0.29, 0.717) is 5.56 Å². The second-order valence-electron chi connectivity index (χ2n) is 10.2. The number of aliphatic hydroxyl groups excluding tert-OH is 1. The summed E-state index contributed by atoms with van der Waals surface area (Å²) >= 11 is 0. The topological polar surface area (TPSA) is 108 Å². The standard InChI is InChI=1S/C26H43N3O5/c1-10-11-19(6)27-23(31)22(20-13-12-17(4)18(5)14-20)29(16(2)3)24(32)21(15-30)28-25(33)34-26(7,8)9/h12-14,16,19,21-22,30H,10-11,15H2,1-9H3,(H,27,31)(H,28,33). The molecule has 0 aliphatic rings. The Bertz CT molecular complexity index is 847. The Kier molecular flexibility index (Phi) is 11.0. The number of alkyl carbamates (subject to hydrolysis) is 1. The summed E-state index contributed by atoms with van der Waals surface area (Å²) in [5, 5.41) is 15.4. The van der Waals surface area contributed by atoms with Crippen molar-refractivity contribution >= 4 is 17.9 Å². The van der Waals surface area contributed by atoms with E-state index in [4.69, 9.17) is 4.74 Å². The monoisotopic (exact) mass is 477 g/mol. The van der Waals surface area contributed by atoms with E-state index in [-0.39, 0.29) is 18.0 Å². The van der Waals surface area contributed by atoms with E-state index in [1.165, 1.54) is 4.90 Å². The zero-order valence-corrected chi connectivity index (χ0v) is 22.2. The van der Waals surface area contributed by atoms with Crippen molar-refractivity contribution in [1.82, 2.24) is 15.5 Å². The number of carbonyl (C=O) groups is 3. The summed E-state index contributed by atoms with van der Waals surface area (Å²) in [6, 6.07) is 3.03. The highest BCUT2D eigenvalue weighted by Gasteiger charge is 2.38. The highest BCUT2D eigenvalue weighted by atomic mass is 16.6. The van der Waals surface area contributed by atoms with Crippen LogP contribution in [-0.4, -0.2) is 58.2 Å². The van der Waals surface area contributed by atoms with Crippen LogP contribution in [0.15, 0.2) is 18.2 Å². The number of hydrogen-bond donors (Lipinski definition) is 3. The Labute approximate surface area is 204 Å². The van der Waals surface area contributed by atoms with E-state index in [0.717, 1.165) is 24.0 Å². The fourth-order valence-electron chi connectivity index (χ4n) is 3.70. The Morgan fingerprint density at radius 2 is 1.68 bits per heavy atom. The van der Waals surface area contributed by atoms with E-state index in [9.17, 15) is 19.5 Å². The van der Waals surface area contributed by atoms with Gasteiger partial charge in [0.2, 0.25) is 11.8 Å². The zero-order valence-electron chi connectivity index (χ0n) is 22.2. The Morgan fingerprint density at radius 3 is 2.15 bits per heavy atom. The lowest BCUT2D eigenvalue weighted by Crippen LogP contribution is -2.56. The smallest absolute Gasteiger partial charge is 0.408 e. The summed E-state index contributed by atoms with van der Waals surface area (Å²) in [6.45, 7) is 16.0. The van der Waals surface area contributed by atoms with Crippen LogP contribution in [-0.2, 0) is 14.3 Å². The number of benzene rings is 1. The first-order valence-corrected chi connectivity index (χ1v) is 12.0. The molecule has 34 heavy (non-hydrogen) atoms. The predicted octanol–water partition coefficient (Wildman–Crippen LogP) is 3.77. The molecule has 1 aromatic rings. The molecule has 0 aromatic heterocycles. The van der Waals surface area contributed by atoms with Crippen LogP contribution < -0.4 is 10.6 Å². The third-order valence-electron chi connectivity index (χ3n) is 5.47. The molecule has 8 heteroatoms. The summed E-state index contributed by atoms with van der Waals surface area (Å²) in [4.78, 5) is 40.9. The fraction of sp³-hybridized carbons (Fsp3) is 0.654. The van der Waals surface area contributed by atoms with Crippen molar-refractivity contribution in [2.75, 3.05) is 6.61 Å². The van der Waals surface area contributed by atoms with Crippen LogP contribution in [0.2, 0.25) is 0 Å². The number of ether oxygens (including phenoxy) is 1. The Morgan fingerprint density at radius 1 is 1.06 bits per heavy atom. The molecule has 0 saturated carbocycles. The Balaban J connectivity index is 3.41. The molecule has 3 atom stereocenters. The number of amides is 3. The first-order chi connectivity index (χ1) is 15.7. The lowest BCUT2D eigenvalue weighted by molar-refractivity contribution is -0.145. The molecule has 0 aliphatic carbocycles. The van der Waals surface area contributed by atoms with Gasteiger partial charge in [-0.2, -0.15) is 0 Å². The van der Waals surface area contributed by atoms with Crippen LogP contribution >= 0.6 is 0 Å². The van der Waals surface area contributed by atoms with E-state index in [1.54, 1.807) is 34.6 Å². The largest absolute Gasteiger partial charge is 0.444 e. The van der Waals surface area contributed by atoms with Gasteiger partial charge in [-0.25, -0.2) is 4.79 Å². The lowest BCUT2D eigenvalue weighted by atomic mass is 9.97. The molecular weight excluding hydrogens is 434 g/mol. The lowest BCUT2D eigenvalue weighted by Gasteiger charge is -2.37. The molecule has 3 unspecified atom stereocenters. The minimum absolute atomic E-state index is 0.0656. The molecule has 1 rings (SSSR count). The van der Waals surface area contributed by atoms with Crippen LogP contribution in [0.25, 0.3) is 0 Å². The van der Waals surface area contributed by atoms with Gasteiger partial charge in [0.1, 0.15) is 17.7 Å². The second kappa shape index (κ2) is 12.7. The van der Waals surface area contributed by atoms with Crippen LogP contribution in [0.5, 0.6) is 0 Å². The third kappa shape index (κ3) is 8.63. The maximum absolute atomic E-state index is 13.6. The second-order valence-corrected chi connectivity index (χ2v) is 10.2. The van der Waals surface area contributed by atoms with E-state index in [2.05, 4.69) is 10.6 Å². The van der Waals surface area contributed by atoms with Gasteiger partial charge in [-0.3, -0.25) is 9.59 Å². The van der Waals surface area contributed by atoms with Gasteiger partial charge >= 0.3 is 6.09 Å². The van der Waals surface area contributed by atoms with Gasteiger partial charge in [0.05, 0.1) is 6.61 Å². The first-order valence-electron chi connectivity index (χ1n) is 12.0. The van der Waals surface area contributed by atoms with Crippen LogP contribution in [0.1, 0.15) is 84.0 Å². The maximum Gasteiger partial charge on any atom is 0.408 e. The number of carbonyl (C=O) groups excluding carboxylic acids is 3. The predicted molar refractivity (Wildman–Crippen MR) is 133 cm³/mol. The average molecular weight is 478 g/mol. The van der Waals surface area contributed by atoms with Gasteiger partial charge in [0.15, 0.2) is 0 Å². The molecule has 0 heterocycles. The number of nitrogens with zero attached hydrogens (tertiary/aromatic N) is 1. The van der Waals surface area contributed by atoms with Gasteiger partial charge in [-0.05, 0) is 78.5 Å². The van der Waals surface area contributed by atoms with E-state index in [1.807, 2.05) is 45.9 Å². The van der Waals surface area contributed by atoms with Crippen molar-refractivity contribution in [3.05, 3.63) is 34.9 Å². The molecule has 3 amide bonds. The van der Waals surface area contributed by atoms with E-state index >= 15 is 0 Å². The molecule has 0 radical (unpaired) electrons. The summed E-state index contributed by atoms with van der Waals surface area (Å²) in [5.74, 6) is -0.870. The number of aliphatic hydroxyl groups is 1. The van der Waals surface area contributed by atoms with Crippen molar-refractivity contribution in [3.63, 3.8) is 0 Å². The molecule has 0 fully saturated rings. The minimum atomic E-state index is -1.26. The summed E-state index contributed by atoms with van der Waals surface area (Å²) in [5.41, 5.74) is 1.98. The highest BCUT2D eigenvalue weighted by molar-refractivity contribution is 5.92. The van der Waals surface area contributed by atoms with Crippen LogP contribution in [0.3, 0.4) is 0 Å². The van der Waals surface area contributed by atoms with Gasteiger partial charge in [0, 0.05) is 12.1 Å². The molecule has 0 spiro atoms. The van der Waals surface area contributed by atoms with Crippen LogP contribution in [0, 0.1) is 13.8 Å².